The van der Waals surface area contributed by atoms with E-state index in [0.29, 0.717) is 48.3 Å². The third-order valence-electron chi connectivity index (χ3n) is 22.6. The Morgan fingerprint density at radius 3 is 0.482 bits per heavy atom. The first kappa shape index (κ1) is 107. The van der Waals surface area contributed by atoms with Gasteiger partial charge >= 0.3 is 93.8 Å². The number of hydrogen-bond donors (Lipinski definition) is 0. The average Bonchev–Trinajstić information content (AvgIpc) is 0.814. The van der Waals surface area contributed by atoms with Gasteiger partial charge in [-0.1, -0.05) is 372 Å². The van der Waals surface area contributed by atoms with E-state index in [2.05, 4.69) is 174 Å². The van der Waals surface area contributed by atoms with Crippen molar-refractivity contribution in [3.8, 4) is 0 Å². The van der Waals surface area contributed by atoms with Gasteiger partial charge in [-0.05, 0) is 151 Å². The smallest absolute Gasteiger partial charge is 0.780 e. The number of rotatable bonds is 16. The first-order valence-corrected chi connectivity index (χ1v) is 73.7. The van der Waals surface area contributed by atoms with Crippen LogP contribution in [-0.4, -0.2) is 155 Å². The van der Waals surface area contributed by atoms with Crippen LogP contribution in [0.5, 0.6) is 0 Å². The molecule has 0 heterocycles. The SMILES string of the molecule is C[Si](C)(C)N(C(=NC1CCCCC1)[N-]C1CCCCC1)[Si](C)(C)C.C[Si](C)(C)N(C(=NC1CCCCC1)[N-]C1CCCCC1)[Si](C)(C)C.C[Si](C)(C)N(C(=NC1CCCCC1)[N-]C1CCCCC1)[Si](C)(C)C.C[Si](C)(C)N(C(=NC1CCCCC1)[N-]C1CCCCC1)[Si](C)(C)C.[S-]c1ccccc1.[S-]c1ccccc1.[Yb+3].[Yb+3]. The molecule has 10 rings (SSSR count). The summed E-state index contributed by atoms with van der Waals surface area (Å²) in [6.45, 7) is 59.3. The van der Waals surface area contributed by atoms with Crippen LogP contribution in [0.1, 0.15) is 257 Å². The third kappa shape index (κ3) is 42.7. The number of hydrogen-bond acceptors (Lipinski definition) is 6. The van der Waals surface area contributed by atoms with E-state index in [0.717, 1.165) is 33.6 Å². The monoisotopic (exact) mass is 2030 g/mol. The van der Waals surface area contributed by atoms with Crippen LogP contribution < -0.4 is 0 Å². The van der Waals surface area contributed by atoms with Gasteiger partial charge in [-0.2, -0.15) is 9.79 Å². The van der Waals surface area contributed by atoms with E-state index in [1.54, 1.807) is 0 Å². The zero-order chi connectivity index (χ0) is 81.4. The van der Waals surface area contributed by atoms with E-state index in [1.807, 2.05) is 60.7 Å². The van der Waals surface area contributed by atoms with Crippen LogP contribution >= 0.6 is 0 Å². The Kier molecular flexibility index (Phi) is 50.6. The second-order valence-electron chi connectivity index (χ2n) is 41.9. The molecule has 0 amide bonds. The summed E-state index contributed by atoms with van der Waals surface area (Å²) in [5.41, 5.74) is 0. The van der Waals surface area contributed by atoms with Crippen molar-refractivity contribution >= 4 is 115 Å². The number of guanidine groups is 4. The maximum absolute atomic E-state index is 5.31. The molecule has 0 saturated heterocycles. The fraction of sp³-hybridized carbons (Fsp3) is 0.818. The molecule has 2 aromatic rings. The molecular formula is C88H170N12S2Si8Yb2. The van der Waals surface area contributed by atoms with Gasteiger partial charge in [0.05, 0.1) is 65.9 Å². The summed E-state index contributed by atoms with van der Waals surface area (Å²) >= 11 is 9.62. The van der Waals surface area contributed by atoms with Crippen molar-refractivity contribution in [1.29, 1.82) is 0 Å². The van der Waals surface area contributed by atoms with Crippen molar-refractivity contribution in [2.45, 2.75) is 472 Å². The normalized spacial score (nSPS) is 20.4. The molecule has 0 N–H and O–H groups in total. The molecule has 8 fully saturated rings. The first-order chi connectivity index (χ1) is 51.5. The Labute approximate surface area is 790 Å². The van der Waals surface area contributed by atoms with Crippen molar-refractivity contribution in [3.05, 3.63) is 81.9 Å². The Morgan fingerprint density at radius 2 is 0.366 bits per heavy atom. The van der Waals surface area contributed by atoms with E-state index < -0.39 is 65.9 Å². The number of benzene rings is 2. The quantitative estimate of drug-likeness (QED) is 0.0715. The van der Waals surface area contributed by atoms with Gasteiger partial charge in [-0.15, -0.1) is 0 Å². The Morgan fingerprint density at radius 1 is 0.232 bits per heavy atom. The van der Waals surface area contributed by atoms with Gasteiger partial charge in [0.15, 0.2) is 0 Å². The third-order valence-corrected chi connectivity index (χ3v) is 51.6. The first-order valence-electron chi connectivity index (χ1n) is 45.3. The fourth-order valence-corrected chi connectivity index (χ4v) is 57.1. The number of aliphatic imine (C=N–C) groups is 4. The van der Waals surface area contributed by atoms with Crippen LogP contribution in [0.3, 0.4) is 0 Å². The van der Waals surface area contributed by atoms with E-state index in [-0.39, 0.29) is 93.8 Å². The minimum Gasteiger partial charge on any atom is -0.780 e. The molecule has 8 aliphatic rings. The molecule has 654 valence electrons. The predicted molar refractivity (Wildman–Crippen MR) is 516 cm³/mol. The summed E-state index contributed by atoms with van der Waals surface area (Å²) in [5.74, 6) is 4.64. The van der Waals surface area contributed by atoms with Crippen molar-refractivity contribution in [2.24, 2.45) is 20.0 Å². The van der Waals surface area contributed by atoms with Crippen LogP contribution in [0.4, 0.5) is 0 Å². The second-order valence-corrected chi connectivity index (χ2v) is 82.9. The van der Waals surface area contributed by atoms with Gasteiger partial charge in [0.2, 0.25) is 0 Å². The molecule has 8 saturated carbocycles. The Bertz CT molecular complexity index is 2520. The molecule has 0 atom stereocenters. The molecule has 0 aliphatic heterocycles. The van der Waals surface area contributed by atoms with E-state index in [9.17, 15) is 0 Å². The molecule has 0 aromatic heterocycles. The standard InChI is InChI=1S/4C19H40N3Si2.2C6H6S.2Yb/c4*1-23(2,3)22(24(4,5)6)19(20-17-13-9-7-10-14-17)21-18-15-11-8-12-16-18;2*7-6-4-2-1-3-5-6;;/h4*17-18H,7-16H2,1-6H3;2*1-5,7H;;/q4*-1;;;2*+3/p-2. The van der Waals surface area contributed by atoms with Crippen LogP contribution in [0.25, 0.3) is 21.3 Å². The zero-order valence-electron chi connectivity index (χ0n) is 76.4. The zero-order valence-corrected chi connectivity index (χ0v) is 89.5. The topological polar surface area (TPSA) is 119 Å². The maximum Gasteiger partial charge on any atom is 3.00 e. The van der Waals surface area contributed by atoms with Crippen molar-refractivity contribution in [3.63, 3.8) is 0 Å². The van der Waals surface area contributed by atoms with Gasteiger partial charge < -0.3 is 83.4 Å². The Balaban J connectivity index is 0.000000362. The minimum atomic E-state index is -1.48. The molecule has 0 spiro atoms. The van der Waals surface area contributed by atoms with E-state index in [4.69, 9.17) is 66.5 Å². The average molecular weight is 2030 g/mol. The van der Waals surface area contributed by atoms with Crippen LogP contribution in [0.2, 0.25) is 157 Å². The molecule has 8 aliphatic carbocycles. The molecule has 12 nitrogen and oxygen atoms in total. The molecule has 0 unspecified atom stereocenters. The van der Waals surface area contributed by atoms with E-state index >= 15 is 0 Å². The maximum atomic E-state index is 5.31. The van der Waals surface area contributed by atoms with Crippen molar-refractivity contribution in [1.82, 2.24) is 16.9 Å². The largest absolute Gasteiger partial charge is 3.00 e. The molecule has 24 heteroatoms. The van der Waals surface area contributed by atoms with Crippen LogP contribution in [0, 0.1) is 93.8 Å². The fourth-order valence-electron chi connectivity index (χ4n) is 18.8. The Hall–Kier alpha value is 0.734. The van der Waals surface area contributed by atoms with E-state index in [1.165, 1.54) is 257 Å². The molecule has 2 aromatic carbocycles. The number of nitrogens with zero attached hydrogens (tertiary/aromatic N) is 12. The van der Waals surface area contributed by atoms with Gasteiger partial charge in [0.25, 0.3) is 0 Å². The van der Waals surface area contributed by atoms with Gasteiger partial charge in [0.1, 0.15) is 0 Å². The van der Waals surface area contributed by atoms with Gasteiger partial charge in [-0.25, -0.2) is 0 Å². The minimum absolute atomic E-state index is 0. The molecular weight excluding hydrogens is 1860 g/mol. The van der Waals surface area contributed by atoms with Crippen molar-refractivity contribution < 1.29 is 93.8 Å². The summed E-state index contributed by atoms with van der Waals surface area (Å²) < 4.78 is 11.0. The summed E-state index contributed by atoms with van der Waals surface area (Å²) in [7, 11) is -11.9. The summed E-state index contributed by atoms with van der Waals surface area (Å²) in [5, 5.41) is 21.2. The van der Waals surface area contributed by atoms with Crippen LogP contribution in [0.15, 0.2) is 90.4 Å². The van der Waals surface area contributed by atoms with Crippen molar-refractivity contribution in [2.75, 3.05) is 0 Å². The predicted octanol–water partition coefficient (Wildman–Crippen LogP) is 28.6. The van der Waals surface area contributed by atoms with Gasteiger partial charge in [0, 0.05) is 23.8 Å². The molecule has 2 radical (unpaired) electrons. The molecule has 0 bridgehead atoms. The van der Waals surface area contributed by atoms with Crippen LogP contribution in [-0.2, 0) is 25.3 Å². The summed E-state index contributed by atoms with van der Waals surface area (Å²) in [6, 6.07) is 23.4. The van der Waals surface area contributed by atoms with Gasteiger partial charge in [-0.3, -0.25) is 0 Å². The summed E-state index contributed by atoms with van der Waals surface area (Å²) in [4.78, 5) is 23.0. The second kappa shape index (κ2) is 53.0. The summed E-state index contributed by atoms with van der Waals surface area (Å²) in [6.07, 6.45) is 53.2. The molecule has 112 heavy (non-hydrogen) atoms.